The van der Waals surface area contributed by atoms with Gasteiger partial charge in [-0.15, -0.1) is 0 Å². The molecule has 0 unspecified atom stereocenters. The molecule has 0 radical (unpaired) electrons. The third kappa shape index (κ3) is 5.41. The summed E-state index contributed by atoms with van der Waals surface area (Å²) in [5, 5.41) is 6.56. The molecule has 0 amide bonds. The Bertz CT molecular complexity index is 922. The van der Waals surface area contributed by atoms with E-state index in [0.717, 1.165) is 22.9 Å². The van der Waals surface area contributed by atoms with Gasteiger partial charge in [0.25, 0.3) is 0 Å². The Balaban J connectivity index is 1.90. The Labute approximate surface area is 188 Å². The highest BCUT2D eigenvalue weighted by Gasteiger charge is 2.37. The molecule has 0 saturated heterocycles. The molecule has 4 nitrogen and oxygen atoms in total. The fraction of sp³-hybridized carbons (Fsp3) is 0.385. The molecule has 0 aliphatic carbocycles. The van der Waals surface area contributed by atoms with Crippen molar-refractivity contribution in [2.75, 3.05) is 24.7 Å². The topological polar surface area (TPSA) is 46.4 Å². The van der Waals surface area contributed by atoms with Crippen LogP contribution < -0.4 is 10.6 Å². The van der Waals surface area contributed by atoms with Crippen LogP contribution in [0.2, 0.25) is 18.1 Å². The first kappa shape index (κ1) is 23.2. The Kier molecular flexibility index (Phi) is 6.97. The summed E-state index contributed by atoms with van der Waals surface area (Å²) in [7, 11) is 2.04. The van der Waals surface area contributed by atoms with E-state index in [9.17, 15) is 0 Å². The van der Waals surface area contributed by atoms with Crippen molar-refractivity contribution in [3.63, 3.8) is 0 Å². The molecule has 0 saturated carbocycles. The van der Waals surface area contributed by atoms with Crippen molar-refractivity contribution in [1.82, 2.24) is 0 Å². The van der Waals surface area contributed by atoms with Crippen LogP contribution in [0.25, 0.3) is 0 Å². The third-order valence-electron chi connectivity index (χ3n) is 6.41. The van der Waals surface area contributed by atoms with Crippen molar-refractivity contribution in [1.29, 1.82) is 0 Å². The molecular formula is C26H36N2O2Si. The van der Waals surface area contributed by atoms with Crippen LogP contribution in [-0.4, -0.2) is 22.4 Å². The van der Waals surface area contributed by atoms with Gasteiger partial charge in [0.05, 0.1) is 12.5 Å². The molecule has 0 aliphatic rings. The number of rotatable bonds is 8. The van der Waals surface area contributed by atoms with E-state index in [1.807, 2.05) is 14.1 Å². The second kappa shape index (κ2) is 9.33. The Morgan fingerprint density at radius 1 is 0.806 bits per heavy atom. The highest BCUT2D eigenvalue weighted by molar-refractivity contribution is 6.74. The predicted octanol–water partition coefficient (Wildman–Crippen LogP) is 7.07. The summed E-state index contributed by atoms with van der Waals surface area (Å²) >= 11 is 0. The van der Waals surface area contributed by atoms with Crippen LogP contribution in [0.1, 0.15) is 49.3 Å². The predicted molar refractivity (Wildman–Crippen MR) is 134 cm³/mol. The van der Waals surface area contributed by atoms with E-state index in [4.69, 9.17) is 8.84 Å². The summed E-state index contributed by atoms with van der Waals surface area (Å²) in [5.74, 6) is 1.84. The third-order valence-corrected chi connectivity index (χ3v) is 10.9. The quantitative estimate of drug-likeness (QED) is 0.371. The second-order valence-corrected chi connectivity index (χ2v) is 14.3. The zero-order valence-electron chi connectivity index (χ0n) is 19.9. The van der Waals surface area contributed by atoms with Crippen molar-refractivity contribution in [2.24, 2.45) is 0 Å². The molecule has 31 heavy (non-hydrogen) atoms. The Morgan fingerprint density at radius 3 is 1.71 bits per heavy atom. The molecule has 3 rings (SSSR count). The normalized spacial score (nSPS) is 12.3. The van der Waals surface area contributed by atoms with E-state index >= 15 is 0 Å². The van der Waals surface area contributed by atoms with Gasteiger partial charge < -0.3 is 19.5 Å². The minimum Gasteiger partial charge on any atom is -0.463 e. The average Bonchev–Trinajstić information content (AvgIpc) is 3.21. The van der Waals surface area contributed by atoms with E-state index in [2.05, 4.69) is 105 Å². The van der Waals surface area contributed by atoms with Crippen molar-refractivity contribution >= 4 is 19.7 Å². The molecule has 5 heteroatoms. The Hall–Kier alpha value is -2.50. The number of furan rings is 1. The van der Waals surface area contributed by atoms with Crippen LogP contribution in [0.4, 0.5) is 11.4 Å². The van der Waals surface area contributed by atoms with Crippen LogP contribution in [0, 0.1) is 0 Å². The SMILES string of the molecule is CNc1ccc(C(c2ccc(NC)cc2)c2ccc(CO[Si](C)(C)C(C)(C)C)o2)cc1. The van der Waals surface area contributed by atoms with Gasteiger partial charge >= 0.3 is 0 Å². The standard InChI is InChI=1S/C26H36N2O2Si/c1-26(2,3)31(6,7)29-18-23-16-17-24(30-23)25(19-8-12-21(27-4)13-9-19)20-10-14-22(28-5)15-11-20/h8-17,25,27-28H,18H2,1-7H3. The van der Waals surface area contributed by atoms with E-state index in [1.165, 1.54) is 11.1 Å². The van der Waals surface area contributed by atoms with Crippen molar-refractivity contribution in [3.05, 3.63) is 83.3 Å². The largest absolute Gasteiger partial charge is 0.463 e. The van der Waals surface area contributed by atoms with Gasteiger partial charge in [0.1, 0.15) is 11.5 Å². The Morgan fingerprint density at radius 2 is 1.29 bits per heavy atom. The second-order valence-electron chi connectivity index (χ2n) is 9.53. The number of hydrogen-bond donors (Lipinski definition) is 2. The van der Waals surface area contributed by atoms with Crippen LogP contribution in [0.5, 0.6) is 0 Å². The molecule has 0 atom stereocenters. The molecule has 166 valence electrons. The lowest BCUT2D eigenvalue weighted by atomic mass is 9.89. The molecule has 0 aliphatic heterocycles. The van der Waals surface area contributed by atoms with Crippen LogP contribution >= 0.6 is 0 Å². The fourth-order valence-corrected chi connectivity index (χ4v) is 4.24. The maximum absolute atomic E-state index is 6.37. The van der Waals surface area contributed by atoms with Crippen molar-refractivity contribution in [3.8, 4) is 0 Å². The zero-order chi connectivity index (χ0) is 22.6. The first-order valence-corrected chi connectivity index (χ1v) is 13.8. The van der Waals surface area contributed by atoms with Crippen molar-refractivity contribution < 1.29 is 8.84 Å². The molecule has 0 spiro atoms. The molecule has 1 aromatic heterocycles. The number of hydrogen-bond acceptors (Lipinski definition) is 4. The summed E-state index contributed by atoms with van der Waals surface area (Å²) in [6, 6.07) is 21.2. The lowest BCUT2D eigenvalue weighted by molar-refractivity contribution is 0.242. The van der Waals surface area contributed by atoms with Gasteiger partial charge in [-0.05, 0) is 65.7 Å². The minimum atomic E-state index is -1.83. The summed E-state index contributed by atoms with van der Waals surface area (Å²) in [6.45, 7) is 11.8. The van der Waals surface area contributed by atoms with Gasteiger partial charge in [0.2, 0.25) is 0 Å². The van der Waals surface area contributed by atoms with Gasteiger partial charge in [-0.25, -0.2) is 0 Å². The van der Waals surface area contributed by atoms with Gasteiger partial charge in [0, 0.05) is 25.5 Å². The highest BCUT2D eigenvalue weighted by atomic mass is 28.4. The van der Waals surface area contributed by atoms with Crippen LogP contribution in [0.15, 0.2) is 65.1 Å². The van der Waals surface area contributed by atoms with E-state index < -0.39 is 8.32 Å². The maximum Gasteiger partial charge on any atom is 0.192 e. The lowest BCUT2D eigenvalue weighted by Crippen LogP contribution is -2.40. The van der Waals surface area contributed by atoms with Crippen LogP contribution in [0.3, 0.4) is 0 Å². The van der Waals surface area contributed by atoms with Gasteiger partial charge in [-0.3, -0.25) is 0 Å². The molecule has 2 aromatic carbocycles. The fourth-order valence-electron chi connectivity index (χ4n) is 3.30. The number of nitrogens with one attached hydrogen (secondary N) is 2. The van der Waals surface area contributed by atoms with Gasteiger partial charge in [-0.2, -0.15) is 0 Å². The smallest absolute Gasteiger partial charge is 0.192 e. The average molecular weight is 437 g/mol. The first-order valence-electron chi connectivity index (χ1n) is 10.9. The number of anilines is 2. The van der Waals surface area contributed by atoms with Crippen molar-refractivity contribution in [2.45, 2.75) is 51.4 Å². The monoisotopic (exact) mass is 436 g/mol. The zero-order valence-corrected chi connectivity index (χ0v) is 20.9. The lowest BCUT2D eigenvalue weighted by Gasteiger charge is -2.35. The van der Waals surface area contributed by atoms with Crippen LogP contribution in [-0.2, 0) is 11.0 Å². The summed E-state index contributed by atoms with van der Waals surface area (Å²) in [4.78, 5) is 0. The van der Waals surface area contributed by atoms with Gasteiger partial charge in [0.15, 0.2) is 8.32 Å². The van der Waals surface area contributed by atoms with Gasteiger partial charge in [-0.1, -0.05) is 45.0 Å². The molecular weight excluding hydrogens is 400 g/mol. The van der Waals surface area contributed by atoms with E-state index in [0.29, 0.717) is 6.61 Å². The maximum atomic E-state index is 6.37. The summed E-state index contributed by atoms with van der Waals surface area (Å²) < 4.78 is 12.7. The molecule has 0 bridgehead atoms. The molecule has 1 heterocycles. The van der Waals surface area contributed by atoms with E-state index in [1.54, 1.807) is 0 Å². The highest BCUT2D eigenvalue weighted by Crippen LogP contribution is 2.38. The van der Waals surface area contributed by atoms with E-state index in [-0.39, 0.29) is 11.0 Å². The summed E-state index contributed by atoms with van der Waals surface area (Å²) in [5.41, 5.74) is 4.58. The molecule has 0 fully saturated rings. The first-order chi connectivity index (χ1) is 14.6. The molecule has 2 N–H and O–H groups in total. The molecule has 3 aromatic rings. The minimum absolute atomic E-state index is 0.0263. The summed E-state index contributed by atoms with van der Waals surface area (Å²) in [6.07, 6.45) is 0. The number of benzene rings is 2.